The minimum Gasteiger partial charge on any atom is -0.392 e. The zero-order valence-corrected chi connectivity index (χ0v) is 8.61. The summed E-state index contributed by atoms with van der Waals surface area (Å²) < 4.78 is 0. The lowest BCUT2D eigenvalue weighted by Crippen LogP contribution is -2.31. The molecule has 0 radical (unpaired) electrons. The second kappa shape index (κ2) is 4.41. The molecule has 14 heavy (non-hydrogen) atoms. The zero-order chi connectivity index (χ0) is 9.97. The van der Waals surface area contributed by atoms with E-state index in [0.29, 0.717) is 11.7 Å². The molecule has 3 nitrogen and oxygen atoms in total. The zero-order valence-electron chi connectivity index (χ0n) is 8.61. The highest BCUT2D eigenvalue weighted by molar-refractivity contribution is 5.79. The Kier molecular flexibility index (Phi) is 3.19. The van der Waals surface area contributed by atoms with Crippen LogP contribution in [0.4, 0.5) is 0 Å². The number of hydrogen-bond acceptors (Lipinski definition) is 3. The van der Waals surface area contributed by atoms with Crippen molar-refractivity contribution in [1.29, 1.82) is 0 Å². The van der Waals surface area contributed by atoms with Gasteiger partial charge < -0.3 is 10.0 Å². The van der Waals surface area contributed by atoms with Gasteiger partial charge in [-0.2, -0.15) is 0 Å². The highest BCUT2D eigenvalue weighted by Gasteiger charge is 2.25. The number of Topliss-reactive ketones (excluding diaryl/α,β-unsaturated/α-hetero) is 1. The molecule has 1 N–H and O–H groups in total. The molecule has 3 heteroatoms. The van der Waals surface area contributed by atoms with E-state index in [9.17, 15) is 9.90 Å². The molecule has 0 aromatic rings. The number of carbonyl (C=O) groups is 1. The summed E-state index contributed by atoms with van der Waals surface area (Å²) in [6.45, 7) is 2.83. The Labute approximate surface area is 85.1 Å². The molecule has 1 saturated carbocycles. The SMILES string of the molecule is O=C1CCCC(CN2CCC(O)C2)C1. The van der Waals surface area contributed by atoms with Crippen LogP contribution in [0.3, 0.4) is 0 Å². The number of nitrogens with zero attached hydrogens (tertiary/aromatic N) is 1. The molecule has 1 saturated heterocycles. The van der Waals surface area contributed by atoms with Gasteiger partial charge in [-0.25, -0.2) is 0 Å². The summed E-state index contributed by atoms with van der Waals surface area (Å²) in [4.78, 5) is 13.5. The Hall–Kier alpha value is -0.410. The van der Waals surface area contributed by atoms with Crippen LogP contribution in [-0.4, -0.2) is 41.5 Å². The molecule has 2 atom stereocenters. The minimum atomic E-state index is -0.130. The van der Waals surface area contributed by atoms with Crippen LogP contribution in [0.2, 0.25) is 0 Å². The van der Waals surface area contributed by atoms with Crippen molar-refractivity contribution < 1.29 is 9.90 Å². The number of carbonyl (C=O) groups excluding carboxylic acids is 1. The van der Waals surface area contributed by atoms with E-state index in [1.54, 1.807) is 0 Å². The number of ketones is 1. The molecular weight excluding hydrogens is 178 g/mol. The molecule has 2 aliphatic rings. The van der Waals surface area contributed by atoms with Crippen LogP contribution >= 0.6 is 0 Å². The van der Waals surface area contributed by atoms with Gasteiger partial charge in [0.1, 0.15) is 5.78 Å². The van der Waals surface area contributed by atoms with Gasteiger partial charge in [-0.15, -0.1) is 0 Å². The maximum absolute atomic E-state index is 11.2. The summed E-state index contributed by atoms with van der Waals surface area (Å²) in [6.07, 6.45) is 4.60. The van der Waals surface area contributed by atoms with Crippen molar-refractivity contribution in [3.63, 3.8) is 0 Å². The Morgan fingerprint density at radius 2 is 2.29 bits per heavy atom. The molecule has 1 aliphatic carbocycles. The number of aliphatic hydroxyl groups excluding tert-OH is 1. The Bertz CT molecular complexity index is 217. The molecule has 80 valence electrons. The van der Waals surface area contributed by atoms with Crippen molar-refractivity contribution in [3.05, 3.63) is 0 Å². The highest BCUT2D eigenvalue weighted by Crippen LogP contribution is 2.23. The topological polar surface area (TPSA) is 40.5 Å². The molecule has 2 fully saturated rings. The molecular formula is C11H19NO2. The monoisotopic (exact) mass is 197 g/mol. The molecule has 1 heterocycles. The fraction of sp³-hybridized carbons (Fsp3) is 0.909. The van der Waals surface area contributed by atoms with Gasteiger partial charge in [0.15, 0.2) is 0 Å². The molecule has 2 unspecified atom stereocenters. The first-order valence-corrected chi connectivity index (χ1v) is 5.66. The second-order valence-corrected chi connectivity index (χ2v) is 4.70. The average Bonchev–Trinajstić information content (AvgIpc) is 2.51. The van der Waals surface area contributed by atoms with E-state index in [-0.39, 0.29) is 6.10 Å². The van der Waals surface area contributed by atoms with E-state index in [1.807, 2.05) is 0 Å². The summed E-state index contributed by atoms with van der Waals surface area (Å²) in [7, 11) is 0. The lowest BCUT2D eigenvalue weighted by Gasteiger charge is -2.25. The number of aliphatic hydroxyl groups is 1. The van der Waals surface area contributed by atoms with Gasteiger partial charge in [0.25, 0.3) is 0 Å². The van der Waals surface area contributed by atoms with Crippen LogP contribution in [-0.2, 0) is 4.79 Å². The highest BCUT2D eigenvalue weighted by atomic mass is 16.3. The lowest BCUT2D eigenvalue weighted by molar-refractivity contribution is -0.121. The van der Waals surface area contributed by atoms with E-state index in [4.69, 9.17) is 0 Å². The molecule has 0 spiro atoms. The predicted octanol–water partition coefficient (Wildman–Crippen LogP) is 0.812. The van der Waals surface area contributed by atoms with E-state index >= 15 is 0 Å². The van der Waals surface area contributed by atoms with Crippen molar-refractivity contribution in [2.75, 3.05) is 19.6 Å². The van der Waals surface area contributed by atoms with Crippen LogP contribution < -0.4 is 0 Å². The Morgan fingerprint density at radius 1 is 1.43 bits per heavy atom. The molecule has 2 rings (SSSR count). The summed E-state index contributed by atoms with van der Waals surface area (Å²) in [5.74, 6) is 0.988. The first kappa shape index (κ1) is 10.1. The average molecular weight is 197 g/mol. The fourth-order valence-corrected chi connectivity index (χ4v) is 2.61. The standard InChI is InChI=1S/C11H19NO2/c13-10-3-1-2-9(6-10)7-12-5-4-11(14)8-12/h9,11,14H,1-8H2. The van der Waals surface area contributed by atoms with E-state index in [0.717, 1.165) is 45.3 Å². The van der Waals surface area contributed by atoms with Crippen molar-refractivity contribution in [1.82, 2.24) is 4.90 Å². The van der Waals surface area contributed by atoms with Crippen molar-refractivity contribution in [2.24, 2.45) is 5.92 Å². The quantitative estimate of drug-likeness (QED) is 0.712. The van der Waals surface area contributed by atoms with Crippen LogP contribution in [0.25, 0.3) is 0 Å². The Balaban J connectivity index is 1.76. The summed E-state index contributed by atoms with van der Waals surface area (Å²) in [6, 6.07) is 0. The molecule has 0 aromatic carbocycles. The maximum atomic E-state index is 11.2. The molecule has 0 aromatic heterocycles. The van der Waals surface area contributed by atoms with E-state index in [2.05, 4.69) is 4.90 Å². The van der Waals surface area contributed by atoms with Crippen LogP contribution in [0.1, 0.15) is 32.1 Å². The van der Waals surface area contributed by atoms with Gasteiger partial charge in [-0.05, 0) is 25.2 Å². The maximum Gasteiger partial charge on any atom is 0.133 e. The van der Waals surface area contributed by atoms with Crippen LogP contribution in [0.5, 0.6) is 0 Å². The van der Waals surface area contributed by atoms with Crippen LogP contribution in [0, 0.1) is 5.92 Å². The largest absolute Gasteiger partial charge is 0.392 e. The van der Waals surface area contributed by atoms with Crippen molar-refractivity contribution >= 4 is 5.78 Å². The lowest BCUT2D eigenvalue weighted by atomic mass is 9.88. The molecule has 0 bridgehead atoms. The number of hydrogen-bond donors (Lipinski definition) is 1. The van der Waals surface area contributed by atoms with E-state index in [1.165, 1.54) is 6.42 Å². The number of likely N-dealkylation sites (tertiary alicyclic amines) is 1. The van der Waals surface area contributed by atoms with E-state index < -0.39 is 0 Å². The van der Waals surface area contributed by atoms with Gasteiger partial charge in [0.2, 0.25) is 0 Å². The van der Waals surface area contributed by atoms with Crippen LogP contribution in [0.15, 0.2) is 0 Å². The minimum absolute atomic E-state index is 0.130. The third-order valence-electron chi connectivity index (χ3n) is 3.35. The van der Waals surface area contributed by atoms with Gasteiger partial charge >= 0.3 is 0 Å². The summed E-state index contributed by atoms with van der Waals surface area (Å²) in [5, 5.41) is 9.37. The third kappa shape index (κ3) is 2.55. The summed E-state index contributed by atoms with van der Waals surface area (Å²) >= 11 is 0. The Morgan fingerprint density at radius 3 is 2.93 bits per heavy atom. The van der Waals surface area contributed by atoms with Gasteiger partial charge in [0, 0.05) is 32.5 Å². The summed E-state index contributed by atoms with van der Waals surface area (Å²) in [5.41, 5.74) is 0. The van der Waals surface area contributed by atoms with Gasteiger partial charge in [-0.1, -0.05) is 0 Å². The predicted molar refractivity (Wildman–Crippen MR) is 54.0 cm³/mol. The van der Waals surface area contributed by atoms with Crippen molar-refractivity contribution in [3.8, 4) is 0 Å². The third-order valence-corrected chi connectivity index (χ3v) is 3.35. The van der Waals surface area contributed by atoms with Crippen molar-refractivity contribution in [2.45, 2.75) is 38.2 Å². The molecule has 0 amide bonds. The number of β-amino-alcohol motifs (C(OH)–C–C–N with tert-alkyl or cyclic N) is 1. The first-order chi connectivity index (χ1) is 6.74. The van der Waals surface area contributed by atoms with Gasteiger partial charge in [-0.3, -0.25) is 4.79 Å². The second-order valence-electron chi connectivity index (χ2n) is 4.70. The first-order valence-electron chi connectivity index (χ1n) is 5.66. The normalized spacial score (nSPS) is 35.1. The smallest absolute Gasteiger partial charge is 0.133 e. The molecule has 1 aliphatic heterocycles. The fourth-order valence-electron chi connectivity index (χ4n) is 2.61. The number of rotatable bonds is 2. The van der Waals surface area contributed by atoms with Gasteiger partial charge in [0.05, 0.1) is 6.10 Å².